The van der Waals surface area contributed by atoms with Gasteiger partial charge in [0.25, 0.3) is 0 Å². The van der Waals surface area contributed by atoms with Gasteiger partial charge in [-0.05, 0) is 41.8 Å². The van der Waals surface area contributed by atoms with Gasteiger partial charge in [0.15, 0.2) is 0 Å². The van der Waals surface area contributed by atoms with Gasteiger partial charge >= 0.3 is 0 Å². The monoisotopic (exact) mass is 363 g/mol. The number of nitrogens with one attached hydrogen (secondary N) is 1. The summed E-state index contributed by atoms with van der Waals surface area (Å²) in [5.74, 6) is 0.697. The Morgan fingerprint density at radius 2 is 1.96 bits per heavy atom. The topological polar surface area (TPSA) is 51.7 Å². The highest BCUT2D eigenvalue weighted by Crippen LogP contribution is 2.42. The lowest BCUT2D eigenvalue weighted by Gasteiger charge is -2.36. The van der Waals surface area contributed by atoms with Gasteiger partial charge in [0.2, 0.25) is 0 Å². The van der Waals surface area contributed by atoms with Crippen molar-refractivity contribution in [3.63, 3.8) is 0 Å². The fourth-order valence-corrected chi connectivity index (χ4v) is 4.50. The zero-order chi connectivity index (χ0) is 18.4. The van der Waals surface area contributed by atoms with Crippen molar-refractivity contribution in [1.29, 1.82) is 0 Å². The second kappa shape index (κ2) is 6.59. The van der Waals surface area contributed by atoms with Crippen molar-refractivity contribution in [3.05, 3.63) is 59.3 Å². The average Bonchev–Trinajstić information content (AvgIpc) is 3.17. The number of aromatic amines is 1. The number of benzene rings is 2. The van der Waals surface area contributed by atoms with Crippen molar-refractivity contribution >= 4 is 16.6 Å². The van der Waals surface area contributed by atoms with Gasteiger partial charge in [-0.25, -0.2) is 0 Å². The second-order valence-corrected chi connectivity index (χ2v) is 7.67. The molecule has 27 heavy (non-hydrogen) atoms. The lowest BCUT2D eigenvalue weighted by Crippen LogP contribution is -2.37. The first-order valence-electron chi connectivity index (χ1n) is 9.64. The van der Waals surface area contributed by atoms with Gasteiger partial charge in [-0.3, -0.25) is 0 Å². The molecule has 1 atom stereocenters. The average molecular weight is 363 g/mol. The van der Waals surface area contributed by atoms with Crippen molar-refractivity contribution in [1.82, 2.24) is 9.88 Å². The highest BCUT2D eigenvalue weighted by atomic mass is 16.5. The Morgan fingerprint density at radius 1 is 1.11 bits per heavy atom. The molecule has 0 radical (unpaired) electrons. The van der Waals surface area contributed by atoms with Crippen molar-refractivity contribution in [2.75, 3.05) is 44.8 Å². The Labute approximate surface area is 159 Å². The molecule has 2 aromatic carbocycles. The van der Waals surface area contributed by atoms with E-state index in [0.717, 1.165) is 56.2 Å². The van der Waals surface area contributed by atoms with Gasteiger partial charge < -0.3 is 24.6 Å². The van der Waals surface area contributed by atoms with E-state index < -0.39 is 0 Å². The number of rotatable bonds is 2. The number of morpholine rings is 1. The van der Waals surface area contributed by atoms with E-state index in [-0.39, 0.29) is 5.92 Å². The maximum atomic E-state index is 11.1. The van der Waals surface area contributed by atoms with E-state index in [4.69, 9.17) is 4.74 Å². The number of hydrogen-bond donors (Lipinski definition) is 2. The fraction of sp³-hybridized carbons (Fsp3) is 0.364. The standard InChI is InChI=1S/C22H25N3O2/c1-24-13-18(16-3-2-15-6-7-23-20(15)12-16)17-4-5-21(22(26)19(17)14-24)25-8-10-27-11-9-25/h2-7,12,18,23,26H,8-11,13-14H2,1H3. The molecule has 1 fully saturated rings. The van der Waals surface area contributed by atoms with Gasteiger partial charge in [0.1, 0.15) is 5.75 Å². The molecule has 1 saturated heterocycles. The Balaban J connectivity index is 1.57. The number of aromatic hydroxyl groups is 1. The van der Waals surface area contributed by atoms with E-state index in [0.29, 0.717) is 5.75 Å². The third-order valence-corrected chi connectivity index (χ3v) is 5.93. The Bertz CT molecular complexity index is 975. The van der Waals surface area contributed by atoms with Crippen LogP contribution in [0.25, 0.3) is 10.9 Å². The number of phenols is 1. The highest BCUT2D eigenvalue weighted by Gasteiger charge is 2.29. The maximum absolute atomic E-state index is 11.1. The van der Waals surface area contributed by atoms with Crippen molar-refractivity contribution in [2.45, 2.75) is 12.5 Å². The number of anilines is 1. The van der Waals surface area contributed by atoms with Crippen LogP contribution in [0.4, 0.5) is 5.69 Å². The number of hydrogen-bond acceptors (Lipinski definition) is 4. The molecule has 0 bridgehead atoms. The van der Waals surface area contributed by atoms with Crippen molar-refractivity contribution in [2.24, 2.45) is 0 Å². The van der Waals surface area contributed by atoms with Crippen LogP contribution in [0.5, 0.6) is 5.75 Å². The second-order valence-electron chi connectivity index (χ2n) is 7.67. The molecule has 5 nitrogen and oxygen atoms in total. The normalized spacial score (nSPS) is 20.8. The molecule has 5 heteroatoms. The van der Waals surface area contributed by atoms with Crippen LogP contribution in [-0.2, 0) is 11.3 Å². The van der Waals surface area contributed by atoms with E-state index >= 15 is 0 Å². The zero-order valence-corrected chi connectivity index (χ0v) is 15.6. The van der Waals surface area contributed by atoms with Crippen LogP contribution in [0.15, 0.2) is 42.6 Å². The van der Waals surface area contributed by atoms with E-state index in [2.05, 4.69) is 58.2 Å². The Hall–Kier alpha value is -2.50. The van der Waals surface area contributed by atoms with Crippen molar-refractivity contribution in [3.8, 4) is 5.75 Å². The van der Waals surface area contributed by atoms with Gasteiger partial charge in [0, 0.05) is 49.4 Å². The number of nitrogens with zero attached hydrogens (tertiary/aromatic N) is 2. The fourth-order valence-electron chi connectivity index (χ4n) is 4.50. The summed E-state index contributed by atoms with van der Waals surface area (Å²) in [4.78, 5) is 7.85. The van der Waals surface area contributed by atoms with Gasteiger partial charge in [-0.1, -0.05) is 18.2 Å². The number of ether oxygens (including phenoxy) is 1. The van der Waals surface area contributed by atoms with Gasteiger partial charge in [-0.2, -0.15) is 0 Å². The number of likely N-dealkylation sites (N-methyl/N-ethyl adjacent to an activating group) is 1. The molecule has 3 heterocycles. The SMILES string of the molecule is CN1Cc2c(ccc(N3CCOCC3)c2O)C(c2ccc3cc[nH]c3c2)C1. The summed E-state index contributed by atoms with van der Waals surface area (Å²) in [6.45, 7) is 4.82. The summed E-state index contributed by atoms with van der Waals surface area (Å²) < 4.78 is 5.46. The van der Waals surface area contributed by atoms with Crippen LogP contribution in [-0.4, -0.2) is 54.9 Å². The lowest BCUT2D eigenvalue weighted by atomic mass is 9.83. The quantitative estimate of drug-likeness (QED) is 0.734. The first-order valence-corrected chi connectivity index (χ1v) is 9.64. The molecule has 2 aliphatic rings. The van der Waals surface area contributed by atoms with Crippen LogP contribution >= 0.6 is 0 Å². The summed E-state index contributed by atoms with van der Waals surface area (Å²) in [5.41, 5.74) is 5.69. The molecule has 1 aromatic heterocycles. The van der Waals surface area contributed by atoms with Crippen LogP contribution in [0.3, 0.4) is 0 Å². The Morgan fingerprint density at radius 3 is 2.81 bits per heavy atom. The molecule has 140 valence electrons. The number of H-pyrrole nitrogens is 1. The summed E-state index contributed by atoms with van der Waals surface area (Å²) in [7, 11) is 2.13. The molecule has 1 unspecified atom stereocenters. The van der Waals surface area contributed by atoms with Crippen LogP contribution in [0.1, 0.15) is 22.6 Å². The van der Waals surface area contributed by atoms with Crippen LogP contribution in [0, 0.1) is 0 Å². The molecule has 5 rings (SSSR count). The maximum Gasteiger partial charge on any atom is 0.143 e. The van der Waals surface area contributed by atoms with Gasteiger partial charge in [0.05, 0.1) is 18.9 Å². The summed E-state index contributed by atoms with van der Waals surface area (Å²) in [6, 6.07) is 13.0. The predicted molar refractivity (Wildman–Crippen MR) is 108 cm³/mol. The van der Waals surface area contributed by atoms with E-state index in [1.807, 2.05) is 6.20 Å². The molecule has 0 saturated carbocycles. The molecule has 0 aliphatic carbocycles. The first kappa shape index (κ1) is 16.7. The minimum absolute atomic E-state index is 0.260. The number of phenolic OH excluding ortho intramolecular Hbond substituents is 1. The zero-order valence-electron chi connectivity index (χ0n) is 15.6. The number of fused-ring (bicyclic) bond motifs is 2. The van der Waals surface area contributed by atoms with Crippen LogP contribution in [0.2, 0.25) is 0 Å². The van der Waals surface area contributed by atoms with Gasteiger partial charge in [-0.15, -0.1) is 0 Å². The molecule has 2 N–H and O–H groups in total. The third-order valence-electron chi connectivity index (χ3n) is 5.93. The lowest BCUT2D eigenvalue weighted by molar-refractivity contribution is 0.122. The smallest absolute Gasteiger partial charge is 0.143 e. The van der Waals surface area contributed by atoms with E-state index in [1.165, 1.54) is 16.5 Å². The third kappa shape index (κ3) is 2.87. The summed E-state index contributed by atoms with van der Waals surface area (Å²) >= 11 is 0. The van der Waals surface area contributed by atoms with Crippen molar-refractivity contribution < 1.29 is 9.84 Å². The minimum Gasteiger partial charge on any atom is -0.505 e. The Kier molecular flexibility index (Phi) is 4.06. The molecule has 0 spiro atoms. The summed E-state index contributed by atoms with van der Waals surface area (Å²) in [6.07, 6.45) is 1.98. The number of aromatic nitrogens is 1. The van der Waals surface area contributed by atoms with Crippen LogP contribution < -0.4 is 4.90 Å². The minimum atomic E-state index is 0.260. The molecular weight excluding hydrogens is 338 g/mol. The molecule has 3 aromatic rings. The molecule has 0 amide bonds. The predicted octanol–water partition coefficient (Wildman–Crippen LogP) is 3.29. The summed E-state index contributed by atoms with van der Waals surface area (Å²) in [5, 5.41) is 12.3. The van der Waals surface area contributed by atoms with E-state index in [9.17, 15) is 5.11 Å². The van der Waals surface area contributed by atoms with E-state index in [1.54, 1.807) is 0 Å². The molecule has 2 aliphatic heterocycles. The highest BCUT2D eigenvalue weighted by molar-refractivity contribution is 5.80. The largest absolute Gasteiger partial charge is 0.505 e. The molecular formula is C22H25N3O2. The first-order chi connectivity index (χ1) is 13.2.